The standard InChI is InChI=1S/C8H9N5.2C2H6/c1-6-3-4-8(10-7(6)2)13-5-9-11-12-13;2*1-2/h3-5H,1-2H3;2*1-2H3. The zero-order valence-electron chi connectivity index (χ0n) is 11.5. The molecule has 2 aromatic rings. The van der Waals surface area contributed by atoms with Gasteiger partial charge in [-0.05, 0) is 35.9 Å². The van der Waals surface area contributed by atoms with Crippen molar-refractivity contribution in [2.75, 3.05) is 0 Å². The van der Waals surface area contributed by atoms with Crippen LogP contribution in [0.1, 0.15) is 39.0 Å². The first-order valence-corrected chi connectivity index (χ1v) is 5.95. The van der Waals surface area contributed by atoms with Crippen molar-refractivity contribution >= 4 is 0 Å². The first-order chi connectivity index (χ1) is 8.27. The Balaban J connectivity index is 0.000000581. The van der Waals surface area contributed by atoms with Gasteiger partial charge in [-0.15, -0.1) is 5.10 Å². The summed E-state index contributed by atoms with van der Waals surface area (Å²) in [4.78, 5) is 4.34. The summed E-state index contributed by atoms with van der Waals surface area (Å²) in [7, 11) is 0. The summed E-state index contributed by atoms with van der Waals surface area (Å²) in [5, 5.41) is 10.8. The number of aromatic nitrogens is 5. The van der Waals surface area contributed by atoms with Crippen molar-refractivity contribution in [3.63, 3.8) is 0 Å². The van der Waals surface area contributed by atoms with E-state index in [0.29, 0.717) is 0 Å². The summed E-state index contributed by atoms with van der Waals surface area (Å²) in [5.74, 6) is 0.744. The molecular weight excluding hydrogens is 214 g/mol. The third-order valence-electron chi connectivity index (χ3n) is 1.92. The van der Waals surface area contributed by atoms with E-state index in [4.69, 9.17) is 0 Å². The fraction of sp³-hybridized carbons (Fsp3) is 0.500. The van der Waals surface area contributed by atoms with E-state index in [-0.39, 0.29) is 0 Å². The fourth-order valence-electron chi connectivity index (χ4n) is 1.01. The van der Waals surface area contributed by atoms with Crippen LogP contribution in [0.3, 0.4) is 0 Å². The first kappa shape index (κ1) is 15.2. The van der Waals surface area contributed by atoms with Crippen molar-refractivity contribution in [3.05, 3.63) is 29.7 Å². The van der Waals surface area contributed by atoms with Crippen LogP contribution in [0.4, 0.5) is 0 Å². The van der Waals surface area contributed by atoms with Crippen LogP contribution in [-0.4, -0.2) is 25.2 Å². The monoisotopic (exact) mass is 235 g/mol. The quantitative estimate of drug-likeness (QED) is 0.762. The van der Waals surface area contributed by atoms with E-state index in [1.54, 1.807) is 0 Å². The first-order valence-electron chi connectivity index (χ1n) is 5.95. The molecule has 2 aromatic heterocycles. The molecule has 0 N–H and O–H groups in total. The van der Waals surface area contributed by atoms with E-state index in [9.17, 15) is 0 Å². The van der Waals surface area contributed by atoms with E-state index in [2.05, 4.69) is 20.5 Å². The minimum atomic E-state index is 0.744. The highest BCUT2D eigenvalue weighted by atomic mass is 15.5. The number of aryl methyl sites for hydroxylation is 2. The smallest absolute Gasteiger partial charge is 0.157 e. The highest BCUT2D eigenvalue weighted by Crippen LogP contribution is 2.06. The van der Waals surface area contributed by atoms with Gasteiger partial charge in [0.25, 0.3) is 0 Å². The Morgan fingerprint density at radius 1 is 1.00 bits per heavy atom. The molecule has 0 fully saturated rings. The largest absolute Gasteiger partial charge is 0.234 e. The molecule has 0 aliphatic heterocycles. The van der Waals surface area contributed by atoms with E-state index < -0.39 is 0 Å². The average molecular weight is 235 g/mol. The third kappa shape index (κ3) is 4.30. The topological polar surface area (TPSA) is 56.5 Å². The predicted octanol–water partition coefficient (Wildman–Crippen LogP) is 2.73. The lowest BCUT2D eigenvalue weighted by Gasteiger charge is -2.01. The van der Waals surface area contributed by atoms with Crippen LogP contribution in [0.15, 0.2) is 18.5 Å². The molecule has 0 unspecified atom stereocenters. The number of hydrogen-bond acceptors (Lipinski definition) is 4. The molecule has 0 spiro atoms. The van der Waals surface area contributed by atoms with Gasteiger partial charge in [-0.1, -0.05) is 33.8 Å². The van der Waals surface area contributed by atoms with Gasteiger partial charge in [0.15, 0.2) is 5.82 Å². The van der Waals surface area contributed by atoms with Crippen molar-refractivity contribution in [1.82, 2.24) is 25.2 Å². The number of pyridine rings is 1. The second kappa shape index (κ2) is 8.38. The highest BCUT2D eigenvalue weighted by Gasteiger charge is 2.00. The number of tetrazole rings is 1. The Morgan fingerprint density at radius 3 is 2.12 bits per heavy atom. The van der Waals surface area contributed by atoms with Gasteiger partial charge < -0.3 is 0 Å². The molecule has 17 heavy (non-hydrogen) atoms. The number of rotatable bonds is 1. The molecule has 0 aliphatic carbocycles. The number of hydrogen-bond donors (Lipinski definition) is 0. The van der Waals surface area contributed by atoms with Crippen LogP contribution in [0, 0.1) is 13.8 Å². The molecule has 0 aliphatic rings. The van der Waals surface area contributed by atoms with E-state index in [0.717, 1.165) is 17.1 Å². The van der Waals surface area contributed by atoms with E-state index in [1.165, 1.54) is 11.0 Å². The molecule has 5 nitrogen and oxygen atoms in total. The molecule has 0 radical (unpaired) electrons. The predicted molar refractivity (Wildman–Crippen MR) is 69.1 cm³/mol. The van der Waals surface area contributed by atoms with Gasteiger partial charge in [-0.3, -0.25) is 0 Å². The lowest BCUT2D eigenvalue weighted by Crippen LogP contribution is -2.00. The highest BCUT2D eigenvalue weighted by molar-refractivity contribution is 5.27. The number of nitrogens with zero attached hydrogens (tertiary/aromatic N) is 5. The van der Waals surface area contributed by atoms with E-state index >= 15 is 0 Å². The van der Waals surface area contributed by atoms with Crippen LogP contribution in [0.5, 0.6) is 0 Å². The minimum absolute atomic E-state index is 0.744. The molecule has 94 valence electrons. The second-order valence-electron chi connectivity index (χ2n) is 2.83. The normalized spacial score (nSPS) is 8.59. The Labute approximate surface area is 103 Å². The van der Waals surface area contributed by atoms with Crippen molar-refractivity contribution < 1.29 is 0 Å². The van der Waals surface area contributed by atoms with Crippen LogP contribution >= 0.6 is 0 Å². The average Bonchev–Trinajstić information content (AvgIpc) is 2.91. The zero-order valence-corrected chi connectivity index (χ0v) is 11.5. The Morgan fingerprint density at radius 2 is 1.65 bits per heavy atom. The summed E-state index contributed by atoms with van der Waals surface area (Å²) >= 11 is 0. The third-order valence-corrected chi connectivity index (χ3v) is 1.92. The van der Waals surface area contributed by atoms with Crippen molar-refractivity contribution in [2.45, 2.75) is 41.5 Å². The van der Waals surface area contributed by atoms with Gasteiger partial charge in [0.1, 0.15) is 6.33 Å². The molecule has 0 saturated heterocycles. The molecule has 5 heteroatoms. The van der Waals surface area contributed by atoms with Gasteiger partial charge in [-0.25, -0.2) is 4.98 Å². The van der Waals surface area contributed by atoms with Gasteiger partial charge in [0.05, 0.1) is 0 Å². The van der Waals surface area contributed by atoms with Gasteiger partial charge in [0, 0.05) is 5.69 Å². The fourth-order valence-corrected chi connectivity index (χ4v) is 1.01. The summed E-state index contributed by atoms with van der Waals surface area (Å²) in [5.41, 5.74) is 2.16. The van der Waals surface area contributed by atoms with Crippen LogP contribution in [0.25, 0.3) is 5.82 Å². The van der Waals surface area contributed by atoms with Crippen LogP contribution < -0.4 is 0 Å². The lowest BCUT2D eigenvalue weighted by molar-refractivity contribution is 0.767. The van der Waals surface area contributed by atoms with Crippen molar-refractivity contribution in [2.24, 2.45) is 0 Å². The Bertz CT molecular complexity index is 409. The van der Waals surface area contributed by atoms with Gasteiger partial charge >= 0.3 is 0 Å². The molecule has 0 aromatic carbocycles. The minimum Gasteiger partial charge on any atom is -0.234 e. The molecule has 0 atom stereocenters. The SMILES string of the molecule is CC.CC.Cc1ccc(-n2cnnn2)nc1C. The van der Waals surface area contributed by atoms with Gasteiger partial charge in [-0.2, -0.15) is 4.68 Å². The zero-order chi connectivity index (χ0) is 13.3. The summed E-state index contributed by atoms with van der Waals surface area (Å²) < 4.78 is 1.53. The van der Waals surface area contributed by atoms with Crippen molar-refractivity contribution in [1.29, 1.82) is 0 Å². The maximum atomic E-state index is 4.34. The van der Waals surface area contributed by atoms with E-state index in [1.807, 2.05) is 53.7 Å². The molecule has 0 bridgehead atoms. The summed E-state index contributed by atoms with van der Waals surface area (Å²) in [6.07, 6.45) is 1.52. The van der Waals surface area contributed by atoms with Crippen LogP contribution in [-0.2, 0) is 0 Å². The maximum Gasteiger partial charge on any atom is 0.157 e. The molecule has 2 heterocycles. The molecule has 2 rings (SSSR count). The molecular formula is C12H21N5. The van der Waals surface area contributed by atoms with Gasteiger partial charge in [0.2, 0.25) is 0 Å². The van der Waals surface area contributed by atoms with Crippen LogP contribution in [0.2, 0.25) is 0 Å². The Hall–Kier alpha value is -1.78. The Kier molecular flexibility index (Phi) is 7.50. The maximum absolute atomic E-state index is 4.34. The summed E-state index contributed by atoms with van der Waals surface area (Å²) in [6, 6.07) is 3.89. The second-order valence-corrected chi connectivity index (χ2v) is 2.83. The summed E-state index contributed by atoms with van der Waals surface area (Å²) in [6.45, 7) is 12.0. The molecule has 0 amide bonds. The lowest BCUT2D eigenvalue weighted by atomic mass is 10.2. The van der Waals surface area contributed by atoms with Crippen molar-refractivity contribution in [3.8, 4) is 5.82 Å². The molecule has 0 saturated carbocycles.